The van der Waals surface area contributed by atoms with Crippen LogP contribution in [0.1, 0.15) is 32.6 Å². The molecule has 2 rings (SSSR count). The topological polar surface area (TPSA) is 37.8 Å². The summed E-state index contributed by atoms with van der Waals surface area (Å²) in [5.74, 6) is 1.86. The first kappa shape index (κ1) is 11.7. The Morgan fingerprint density at radius 1 is 1.25 bits per heavy atom. The van der Waals surface area contributed by atoms with Gasteiger partial charge in [0.2, 0.25) is 0 Å². The Balaban J connectivity index is 1.93. The molecular weight excluding hydrogens is 218 g/mol. The standard InChI is InChI=1S/C12H19N3S/c1-9-3-5-10(6-4-9)15-11-7-12(16-2)14-8-13-11/h7-10H,3-6H2,1-2H3,(H,13,14,15). The number of aromatic nitrogens is 2. The number of thioether (sulfide) groups is 1. The lowest BCUT2D eigenvalue weighted by Crippen LogP contribution is -2.25. The molecule has 1 aromatic rings. The van der Waals surface area contributed by atoms with Crippen molar-refractivity contribution >= 4 is 17.6 Å². The van der Waals surface area contributed by atoms with E-state index in [1.807, 2.05) is 12.3 Å². The fourth-order valence-electron chi connectivity index (χ4n) is 2.14. The van der Waals surface area contributed by atoms with Crippen LogP contribution in [-0.2, 0) is 0 Å². The van der Waals surface area contributed by atoms with Gasteiger partial charge in [-0.2, -0.15) is 0 Å². The molecule has 1 fully saturated rings. The highest BCUT2D eigenvalue weighted by Gasteiger charge is 2.18. The third-order valence-corrected chi connectivity index (χ3v) is 3.86. The van der Waals surface area contributed by atoms with Crippen LogP contribution in [0.4, 0.5) is 5.82 Å². The van der Waals surface area contributed by atoms with Gasteiger partial charge in [-0.25, -0.2) is 9.97 Å². The van der Waals surface area contributed by atoms with Crippen molar-refractivity contribution in [2.24, 2.45) is 5.92 Å². The molecule has 1 aliphatic rings. The van der Waals surface area contributed by atoms with E-state index >= 15 is 0 Å². The van der Waals surface area contributed by atoms with E-state index in [1.165, 1.54) is 25.7 Å². The van der Waals surface area contributed by atoms with Gasteiger partial charge >= 0.3 is 0 Å². The Labute approximate surface area is 101 Å². The molecule has 1 saturated carbocycles. The number of rotatable bonds is 3. The number of anilines is 1. The minimum absolute atomic E-state index is 0.598. The lowest BCUT2D eigenvalue weighted by Gasteiger charge is -2.27. The van der Waals surface area contributed by atoms with E-state index < -0.39 is 0 Å². The molecule has 1 aromatic heterocycles. The smallest absolute Gasteiger partial charge is 0.130 e. The minimum atomic E-state index is 0.598. The van der Waals surface area contributed by atoms with E-state index in [1.54, 1.807) is 18.1 Å². The van der Waals surface area contributed by atoms with Gasteiger partial charge in [-0.05, 0) is 37.9 Å². The van der Waals surface area contributed by atoms with Crippen molar-refractivity contribution in [2.45, 2.75) is 43.7 Å². The van der Waals surface area contributed by atoms with Crippen LogP contribution < -0.4 is 5.32 Å². The van der Waals surface area contributed by atoms with Crippen molar-refractivity contribution in [1.29, 1.82) is 0 Å². The summed E-state index contributed by atoms with van der Waals surface area (Å²) in [5.41, 5.74) is 0. The van der Waals surface area contributed by atoms with Gasteiger partial charge in [0, 0.05) is 12.1 Å². The van der Waals surface area contributed by atoms with Gasteiger partial charge in [-0.3, -0.25) is 0 Å². The van der Waals surface area contributed by atoms with Crippen LogP contribution in [0.25, 0.3) is 0 Å². The lowest BCUT2D eigenvalue weighted by atomic mass is 9.87. The molecule has 0 radical (unpaired) electrons. The van der Waals surface area contributed by atoms with Crippen molar-refractivity contribution in [3.8, 4) is 0 Å². The van der Waals surface area contributed by atoms with E-state index in [4.69, 9.17) is 0 Å². The second-order valence-corrected chi connectivity index (χ2v) is 5.37. The average Bonchev–Trinajstić information content (AvgIpc) is 2.32. The minimum Gasteiger partial charge on any atom is -0.367 e. The van der Waals surface area contributed by atoms with Gasteiger partial charge in [0.05, 0.1) is 0 Å². The van der Waals surface area contributed by atoms with E-state index in [9.17, 15) is 0 Å². The monoisotopic (exact) mass is 237 g/mol. The van der Waals surface area contributed by atoms with Crippen LogP contribution in [0.15, 0.2) is 17.4 Å². The van der Waals surface area contributed by atoms with Gasteiger partial charge in [-0.1, -0.05) is 6.92 Å². The van der Waals surface area contributed by atoms with Crippen molar-refractivity contribution in [3.63, 3.8) is 0 Å². The van der Waals surface area contributed by atoms with E-state index in [-0.39, 0.29) is 0 Å². The molecule has 0 aromatic carbocycles. The van der Waals surface area contributed by atoms with Gasteiger partial charge < -0.3 is 5.32 Å². The maximum atomic E-state index is 4.26. The summed E-state index contributed by atoms with van der Waals surface area (Å²) in [5, 5.41) is 4.54. The molecule has 0 spiro atoms. The fraction of sp³-hybridized carbons (Fsp3) is 0.667. The molecule has 1 aliphatic carbocycles. The van der Waals surface area contributed by atoms with E-state index in [0.717, 1.165) is 16.8 Å². The maximum absolute atomic E-state index is 4.26. The molecular formula is C12H19N3S. The second-order valence-electron chi connectivity index (χ2n) is 4.55. The Hall–Kier alpha value is -0.770. The predicted molar refractivity (Wildman–Crippen MR) is 68.9 cm³/mol. The SMILES string of the molecule is CSc1cc(NC2CCC(C)CC2)ncn1. The van der Waals surface area contributed by atoms with Crippen LogP contribution in [0, 0.1) is 5.92 Å². The molecule has 1 heterocycles. The molecule has 0 amide bonds. The van der Waals surface area contributed by atoms with Crippen molar-refractivity contribution < 1.29 is 0 Å². The molecule has 4 heteroatoms. The predicted octanol–water partition coefficient (Wildman–Crippen LogP) is 3.19. The summed E-state index contributed by atoms with van der Waals surface area (Å²) >= 11 is 1.65. The molecule has 0 unspecified atom stereocenters. The molecule has 3 nitrogen and oxygen atoms in total. The summed E-state index contributed by atoms with van der Waals surface area (Å²) in [6, 6.07) is 2.63. The summed E-state index contributed by atoms with van der Waals surface area (Å²) in [4.78, 5) is 8.44. The highest BCUT2D eigenvalue weighted by atomic mass is 32.2. The van der Waals surface area contributed by atoms with Crippen molar-refractivity contribution in [1.82, 2.24) is 9.97 Å². The van der Waals surface area contributed by atoms with Gasteiger partial charge in [0.15, 0.2) is 0 Å². The van der Waals surface area contributed by atoms with Crippen LogP contribution in [0.2, 0.25) is 0 Å². The average molecular weight is 237 g/mol. The first-order chi connectivity index (χ1) is 7.78. The van der Waals surface area contributed by atoms with Crippen LogP contribution in [0.3, 0.4) is 0 Å². The fourth-order valence-corrected chi connectivity index (χ4v) is 2.53. The molecule has 16 heavy (non-hydrogen) atoms. The zero-order valence-corrected chi connectivity index (χ0v) is 10.8. The third-order valence-electron chi connectivity index (χ3n) is 3.22. The van der Waals surface area contributed by atoms with E-state index in [0.29, 0.717) is 6.04 Å². The summed E-state index contributed by atoms with van der Waals surface area (Å²) < 4.78 is 0. The van der Waals surface area contributed by atoms with Crippen molar-refractivity contribution in [2.75, 3.05) is 11.6 Å². The molecule has 0 bridgehead atoms. The zero-order valence-electron chi connectivity index (χ0n) is 9.94. The highest BCUT2D eigenvalue weighted by Crippen LogP contribution is 2.26. The summed E-state index contributed by atoms with van der Waals surface area (Å²) in [6.45, 7) is 2.34. The second kappa shape index (κ2) is 5.53. The normalized spacial score (nSPS) is 25.4. The summed E-state index contributed by atoms with van der Waals surface area (Å²) in [7, 11) is 0. The van der Waals surface area contributed by atoms with Crippen LogP contribution >= 0.6 is 11.8 Å². The van der Waals surface area contributed by atoms with Crippen LogP contribution in [-0.4, -0.2) is 22.3 Å². The lowest BCUT2D eigenvalue weighted by molar-refractivity contribution is 0.360. The summed E-state index contributed by atoms with van der Waals surface area (Å²) in [6.07, 6.45) is 8.86. The molecule has 0 atom stereocenters. The molecule has 0 aliphatic heterocycles. The quantitative estimate of drug-likeness (QED) is 0.647. The van der Waals surface area contributed by atoms with Gasteiger partial charge in [0.25, 0.3) is 0 Å². The Bertz CT molecular complexity index is 335. The molecule has 0 saturated heterocycles. The number of hydrogen-bond acceptors (Lipinski definition) is 4. The maximum Gasteiger partial charge on any atom is 0.130 e. The first-order valence-corrected chi connectivity index (χ1v) is 7.13. The third kappa shape index (κ3) is 3.11. The van der Waals surface area contributed by atoms with E-state index in [2.05, 4.69) is 22.2 Å². The number of nitrogens with zero attached hydrogens (tertiary/aromatic N) is 2. The highest BCUT2D eigenvalue weighted by molar-refractivity contribution is 7.98. The molecule has 1 N–H and O–H groups in total. The largest absolute Gasteiger partial charge is 0.367 e. The first-order valence-electron chi connectivity index (χ1n) is 5.90. The number of hydrogen-bond donors (Lipinski definition) is 1. The van der Waals surface area contributed by atoms with Crippen molar-refractivity contribution in [3.05, 3.63) is 12.4 Å². The van der Waals surface area contributed by atoms with Gasteiger partial charge in [-0.15, -0.1) is 11.8 Å². The number of nitrogens with one attached hydrogen (secondary N) is 1. The Kier molecular flexibility index (Phi) is 4.04. The van der Waals surface area contributed by atoms with Crippen LogP contribution in [0.5, 0.6) is 0 Å². The zero-order chi connectivity index (χ0) is 11.4. The van der Waals surface area contributed by atoms with Gasteiger partial charge in [0.1, 0.15) is 17.2 Å². The molecule has 88 valence electrons. The Morgan fingerprint density at radius 3 is 2.69 bits per heavy atom. The Morgan fingerprint density at radius 2 is 2.00 bits per heavy atom.